The highest BCUT2D eigenvalue weighted by atomic mass is 16.1. The normalized spacial score (nSPS) is 12.4. The van der Waals surface area contributed by atoms with Crippen LogP contribution in [0.1, 0.15) is 45.9 Å². The fraction of sp³-hybridized carbons (Fsp3) is 0.0714. The molecule has 0 unspecified atom stereocenters. The second-order valence-corrected chi connectivity index (χ2v) is 10.6. The van der Waals surface area contributed by atoms with Gasteiger partial charge < -0.3 is 0 Å². The molecular formula is C42H30O. The summed E-state index contributed by atoms with van der Waals surface area (Å²) in [5.41, 5.74) is 10.5. The standard InChI is InChI=1S/C42H30O/c1-31-39(29-34-18-10-4-11-19-34)42(43)40(30-35-20-12-5-13-21-35)41(31)38-27-36(24-22-32-14-6-2-7-15-32)26-37(28-38)25-23-33-16-8-3-9-17-33/h2-21,26-28H,29-30H2,1H3. The maximum absolute atomic E-state index is 14.1. The minimum atomic E-state index is 0.123. The van der Waals surface area contributed by atoms with Gasteiger partial charge in [0.25, 0.3) is 0 Å². The van der Waals surface area contributed by atoms with Crippen molar-refractivity contribution in [2.75, 3.05) is 0 Å². The van der Waals surface area contributed by atoms with Crippen LogP contribution in [-0.4, -0.2) is 5.78 Å². The number of rotatable bonds is 5. The molecule has 0 saturated carbocycles. The summed E-state index contributed by atoms with van der Waals surface area (Å²) in [5, 5.41) is 0. The predicted molar refractivity (Wildman–Crippen MR) is 176 cm³/mol. The van der Waals surface area contributed by atoms with E-state index in [1.54, 1.807) is 0 Å². The number of carbonyl (C=O) groups is 1. The molecule has 5 aromatic rings. The number of benzene rings is 5. The van der Waals surface area contributed by atoms with Crippen LogP contribution < -0.4 is 0 Å². The van der Waals surface area contributed by atoms with E-state index >= 15 is 0 Å². The number of hydrogen-bond acceptors (Lipinski definition) is 1. The van der Waals surface area contributed by atoms with Gasteiger partial charge in [-0.1, -0.05) is 121 Å². The van der Waals surface area contributed by atoms with Crippen LogP contribution in [0.4, 0.5) is 0 Å². The summed E-state index contributed by atoms with van der Waals surface area (Å²) in [5.74, 6) is 13.4. The Hall–Kier alpha value is -5.63. The Balaban J connectivity index is 1.50. The summed E-state index contributed by atoms with van der Waals surface area (Å²) in [6.07, 6.45) is 1.16. The van der Waals surface area contributed by atoms with Crippen LogP contribution in [-0.2, 0) is 17.6 Å². The van der Waals surface area contributed by atoms with E-state index in [0.717, 1.165) is 61.2 Å². The average Bonchev–Trinajstić information content (AvgIpc) is 3.28. The predicted octanol–water partition coefficient (Wildman–Crippen LogP) is 8.62. The summed E-state index contributed by atoms with van der Waals surface area (Å²) in [6.45, 7) is 2.08. The van der Waals surface area contributed by atoms with Gasteiger partial charge in [-0.25, -0.2) is 0 Å². The molecule has 0 amide bonds. The summed E-state index contributed by atoms with van der Waals surface area (Å²) in [4.78, 5) is 14.1. The zero-order chi connectivity index (χ0) is 29.4. The zero-order valence-corrected chi connectivity index (χ0v) is 24.1. The first-order valence-corrected chi connectivity index (χ1v) is 14.5. The molecular weight excluding hydrogens is 520 g/mol. The molecule has 0 saturated heterocycles. The van der Waals surface area contributed by atoms with Gasteiger partial charge in [-0.3, -0.25) is 4.79 Å². The highest BCUT2D eigenvalue weighted by Crippen LogP contribution is 2.40. The van der Waals surface area contributed by atoms with Crippen LogP contribution in [0.25, 0.3) is 5.57 Å². The molecule has 5 aromatic carbocycles. The number of Topliss-reactive ketones (excluding diaryl/α,β-unsaturated/α-hetero) is 1. The summed E-state index contributed by atoms with van der Waals surface area (Å²) in [6, 6.07) is 46.7. The minimum Gasteiger partial charge on any atom is -0.289 e. The van der Waals surface area contributed by atoms with Gasteiger partial charge >= 0.3 is 0 Å². The van der Waals surface area contributed by atoms with Crippen LogP contribution >= 0.6 is 0 Å². The van der Waals surface area contributed by atoms with Crippen molar-refractivity contribution in [3.8, 4) is 23.7 Å². The second-order valence-electron chi connectivity index (χ2n) is 10.6. The molecule has 43 heavy (non-hydrogen) atoms. The third-order valence-corrected chi connectivity index (χ3v) is 7.60. The van der Waals surface area contributed by atoms with Gasteiger partial charge in [0, 0.05) is 46.2 Å². The van der Waals surface area contributed by atoms with Crippen LogP contribution in [0.15, 0.2) is 156 Å². The lowest BCUT2D eigenvalue weighted by atomic mass is 9.91. The first kappa shape index (κ1) is 27.5. The van der Waals surface area contributed by atoms with Crippen molar-refractivity contribution in [1.82, 2.24) is 0 Å². The van der Waals surface area contributed by atoms with Gasteiger partial charge in [-0.05, 0) is 77.2 Å². The van der Waals surface area contributed by atoms with Crippen molar-refractivity contribution >= 4 is 11.4 Å². The molecule has 0 bridgehead atoms. The van der Waals surface area contributed by atoms with Crippen LogP contribution in [0.5, 0.6) is 0 Å². The average molecular weight is 551 g/mol. The number of carbonyl (C=O) groups excluding carboxylic acids is 1. The van der Waals surface area contributed by atoms with E-state index < -0.39 is 0 Å². The molecule has 1 nitrogen and oxygen atoms in total. The Bertz CT molecular complexity index is 1880. The van der Waals surface area contributed by atoms with Crippen molar-refractivity contribution in [2.24, 2.45) is 0 Å². The molecule has 204 valence electrons. The van der Waals surface area contributed by atoms with E-state index in [9.17, 15) is 4.79 Å². The van der Waals surface area contributed by atoms with Gasteiger partial charge in [0.1, 0.15) is 0 Å². The molecule has 0 spiro atoms. The van der Waals surface area contributed by atoms with E-state index in [1.165, 1.54) is 0 Å². The SMILES string of the molecule is CC1=C(Cc2ccccc2)C(=O)C(Cc2ccccc2)=C1c1cc(C#Cc2ccccc2)cc(C#Cc2ccccc2)c1. The van der Waals surface area contributed by atoms with E-state index in [4.69, 9.17) is 0 Å². The Morgan fingerprint density at radius 1 is 0.465 bits per heavy atom. The van der Waals surface area contributed by atoms with E-state index in [1.807, 2.05) is 103 Å². The number of allylic oxidation sites excluding steroid dienone is 4. The van der Waals surface area contributed by atoms with Crippen molar-refractivity contribution in [1.29, 1.82) is 0 Å². The van der Waals surface area contributed by atoms with Gasteiger partial charge in [0.2, 0.25) is 0 Å². The molecule has 0 aliphatic heterocycles. The second kappa shape index (κ2) is 12.9. The van der Waals surface area contributed by atoms with Crippen molar-refractivity contribution in [2.45, 2.75) is 19.8 Å². The lowest BCUT2D eigenvalue weighted by molar-refractivity contribution is -0.112. The topological polar surface area (TPSA) is 17.1 Å². The lowest BCUT2D eigenvalue weighted by Crippen LogP contribution is -2.07. The quantitative estimate of drug-likeness (QED) is 0.200. The molecule has 0 atom stereocenters. The first-order chi connectivity index (χ1) is 21.1. The Morgan fingerprint density at radius 3 is 1.33 bits per heavy atom. The van der Waals surface area contributed by atoms with Gasteiger partial charge in [-0.2, -0.15) is 0 Å². The number of ketones is 1. The third-order valence-electron chi connectivity index (χ3n) is 7.60. The molecule has 0 aromatic heterocycles. The Labute approximate surface area is 254 Å². The Kier molecular flexibility index (Phi) is 8.27. The van der Waals surface area contributed by atoms with Crippen molar-refractivity contribution in [3.63, 3.8) is 0 Å². The van der Waals surface area contributed by atoms with Gasteiger partial charge in [0.05, 0.1) is 0 Å². The monoisotopic (exact) mass is 550 g/mol. The van der Waals surface area contributed by atoms with Crippen molar-refractivity contribution < 1.29 is 4.79 Å². The molecule has 1 aliphatic rings. The summed E-state index contributed by atoms with van der Waals surface area (Å²) in [7, 11) is 0. The molecule has 1 aliphatic carbocycles. The minimum absolute atomic E-state index is 0.123. The highest BCUT2D eigenvalue weighted by Gasteiger charge is 2.31. The van der Waals surface area contributed by atoms with Crippen molar-refractivity contribution in [3.05, 3.63) is 195 Å². The largest absolute Gasteiger partial charge is 0.289 e. The maximum Gasteiger partial charge on any atom is 0.186 e. The Morgan fingerprint density at radius 2 is 0.860 bits per heavy atom. The fourth-order valence-electron chi connectivity index (χ4n) is 5.46. The molecule has 0 N–H and O–H groups in total. The summed E-state index contributed by atoms with van der Waals surface area (Å²) < 4.78 is 0. The maximum atomic E-state index is 14.1. The van der Waals surface area contributed by atoms with Gasteiger partial charge in [-0.15, -0.1) is 0 Å². The van der Waals surface area contributed by atoms with E-state index in [0.29, 0.717) is 12.8 Å². The molecule has 0 radical (unpaired) electrons. The zero-order valence-electron chi connectivity index (χ0n) is 24.1. The van der Waals surface area contributed by atoms with Crippen LogP contribution in [0, 0.1) is 23.7 Å². The van der Waals surface area contributed by atoms with Crippen LogP contribution in [0.3, 0.4) is 0 Å². The molecule has 0 fully saturated rings. The summed E-state index contributed by atoms with van der Waals surface area (Å²) >= 11 is 0. The van der Waals surface area contributed by atoms with Crippen LogP contribution in [0.2, 0.25) is 0 Å². The molecule has 1 heteroatoms. The smallest absolute Gasteiger partial charge is 0.186 e. The molecule has 6 rings (SSSR count). The molecule has 0 heterocycles. The third kappa shape index (κ3) is 6.65. The van der Waals surface area contributed by atoms with E-state index in [-0.39, 0.29) is 5.78 Å². The van der Waals surface area contributed by atoms with E-state index in [2.05, 4.69) is 67.0 Å². The van der Waals surface area contributed by atoms with Gasteiger partial charge in [0.15, 0.2) is 5.78 Å². The highest BCUT2D eigenvalue weighted by molar-refractivity contribution is 6.21. The first-order valence-electron chi connectivity index (χ1n) is 14.5. The lowest BCUT2D eigenvalue weighted by Gasteiger charge is -2.11. The number of hydrogen-bond donors (Lipinski definition) is 0. The fourth-order valence-corrected chi connectivity index (χ4v) is 5.46.